The molecular weight excluding hydrogens is 444 g/mol. The van der Waals surface area contributed by atoms with Crippen LogP contribution in [0.25, 0.3) is 31.4 Å². The number of carbonyl (C=O) groups is 1. The van der Waals surface area contributed by atoms with E-state index < -0.39 is 0 Å². The lowest BCUT2D eigenvalue weighted by molar-refractivity contribution is 0.0695. The molecule has 0 saturated carbocycles. The molecule has 0 spiro atoms. The van der Waals surface area contributed by atoms with Crippen LogP contribution in [0.5, 0.6) is 0 Å². The smallest absolute Gasteiger partial charge is 0.253 e. The van der Waals surface area contributed by atoms with Crippen molar-refractivity contribution in [2.24, 2.45) is 5.92 Å². The van der Waals surface area contributed by atoms with Crippen LogP contribution in [0.3, 0.4) is 0 Å². The highest BCUT2D eigenvalue weighted by atomic mass is 32.1. The standard InChI is InChI=1S/C26H24N6OS/c33-25(32-10-6-17(7-11-32)15-29-26-27-8-3-9-28-26)19-12-20-16-30-31-24(20)21(13-19)23-14-18-4-1-2-5-22(18)34-23/h1-5,8-9,12-14,16-17H,6-7,10-11,15H2,(H,30,31)(H,27,28,29). The molecule has 0 aliphatic carbocycles. The average molecular weight is 469 g/mol. The number of benzene rings is 2. The third-order valence-electron chi connectivity index (χ3n) is 6.50. The van der Waals surface area contributed by atoms with Gasteiger partial charge in [-0.3, -0.25) is 9.89 Å². The van der Waals surface area contributed by atoms with Gasteiger partial charge < -0.3 is 10.2 Å². The van der Waals surface area contributed by atoms with Crippen LogP contribution < -0.4 is 5.32 Å². The van der Waals surface area contributed by atoms with Crippen molar-refractivity contribution < 1.29 is 4.79 Å². The molecule has 2 aromatic carbocycles. The van der Waals surface area contributed by atoms with E-state index in [4.69, 9.17) is 0 Å². The highest BCUT2D eigenvalue weighted by molar-refractivity contribution is 7.22. The van der Waals surface area contributed by atoms with Crippen molar-refractivity contribution in [1.29, 1.82) is 0 Å². The molecule has 34 heavy (non-hydrogen) atoms. The molecule has 4 heterocycles. The normalized spacial score (nSPS) is 14.6. The summed E-state index contributed by atoms with van der Waals surface area (Å²) in [6.45, 7) is 2.33. The number of aromatic nitrogens is 4. The lowest BCUT2D eigenvalue weighted by Gasteiger charge is -2.32. The van der Waals surface area contributed by atoms with Gasteiger partial charge in [0.2, 0.25) is 5.95 Å². The van der Waals surface area contributed by atoms with E-state index in [2.05, 4.69) is 55.8 Å². The number of anilines is 1. The summed E-state index contributed by atoms with van der Waals surface area (Å²) in [6, 6.07) is 16.3. The first-order valence-electron chi connectivity index (χ1n) is 11.5. The highest BCUT2D eigenvalue weighted by Crippen LogP contribution is 2.37. The molecule has 0 bridgehead atoms. The largest absolute Gasteiger partial charge is 0.354 e. The van der Waals surface area contributed by atoms with Crippen LogP contribution in [0.4, 0.5) is 5.95 Å². The number of nitrogens with zero attached hydrogens (tertiary/aromatic N) is 4. The molecule has 1 aliphatic heterocycles. The molecule has 1 fully saturated rings. The zero-order valence-electron chi connectivity index (χ0n) is 18.6. The molecule has 0 unspecified atom stereocenters. The van der Waals surface area contributed by atoms with Crippen LogP contribution in [0, 0.1) is 5.92 Å². The molecule has 0 atom stereocenters. The SMILES string of the molecule is O=C(c1cc(-c2cc3ccccc3s2)c2[nH]ncc2c1)N1CCC(CNc2ncccn2)CC1. The molecule has 8 heteroatoms. The van der Waals surface area contributed by atoms with Gasteiger partial charge in [0.25, 0.3) is 5.91 Å². The van der Waals surface area contributed by atoms with Crippen molar-refractivity contribution in [1.82, 2.24) is 25.1 Å². The minimum Gasteiger partial charge on any atom is -0.354 e. The second-order valence-corrected chi connectivity index (χ2v) is 9.78. The summed E-state index contributed by atoms with van der Waals surface area (Å²) < 4.78 is 1.23. The van der Waals surface area contributed by atoms with Crippen LogP contribution in [-0.2, 0) is 0 Å². The first-order valence-corrected chi connectivity index (χ1v) is 12.3. The number of hydrogen-bond acceptors (Lipinski definition) is 6. The number of rotatable bonds is 5. The minimum absolute atomic E-state index is 0.0864. The van der Waals surface area contributed by atoms with E-state index in [1.807, 2.05) is 23.1 Å². The van der Waals surface area contributed by atoms with Gasteiger partial charge in [0.05, 0.1) is 11.7 Å². The van der Waals surface area contributed by atoms with E-state index in [1.165, 1.54) is 10.1 Å². The number of likely N-dealkylation sites (tertiary alicyclic amines) is 1. The zero-order valence-corrected chi connectivity index (χ0v) is 19.4. The fourth-order valence-electron chi connectivity index (χ4n) is 4.64. The van der Waals surface area contributed by atoms with E-state index in [-0.39, 0.29) is 5.91 Å². The maximum Gasteiger partial charge on any atom is 0.253 e. The van der Waals surface area contributed by atoms with Crippen LogP contribution >= 0.6 is 11.3 Å². The Morgan fingerprint density at radius 1 is 1.06 bits per heavy atom. The number of nitrogens with one attached hydrogen (secondary N) is 2. The zero-order chi connectivity index (χ0) is 22.9. The number of carbonyl (C=O) groups excluding carboxylic acids is 1. The first kappa shape index (κ1) is 20.8. The van der Waals surface area contributed by atoms with Crippen LogP contribution in [0.2, 0.25) is 0 Å². The maximum atomic E-state index is 13.5. The van der Waals surface area contributed by atoms with Gasteiger partial charge in [0.15, 0.2) is 0 Å². The number of amides is 1. The lowest BCUT2D eigenvalue weighted by Crippen LogP contribution is -2.40. The molecule has 7 nitrogen and oxygen atoms in total. The Bertz CT molecular complexity index is 1420. The molecule has 5 aromatic rings. The Balaban J connectivity index is 1.20. The quantitative estimate of drug-likeness (QED) is 0.370. The van der Waals surface area contributed by atoms with E-state index in [0.29, 0.717) is 11.9 Å². The van der Waals surface area contributed by atoms with Crippen molar-refractivity contribution in [3.05, 3.63) is 72.7 Å². The molecule has 0 radical (unpaired) electrons. The van der Waals surface area contributed by atoms with Crippen molar-refractivity contribution in [2.75, 3.05) is 25.0 Å². The fraction of sp³-hybridized carbons (Fsp3) is 0.231. The second kappa shape index (κ2) is 8.87. The number of H-pyrrole nitrogens is 1. The molecule has 1 saturated heterocycles. The number of piperidine rings is 1. The molecule has 1 aliphatic rings. The third kappa shape index (κ3) is 4.01. The molecule has 3 aromatic heterocycles. The van der Waals surface area contributed by atoms with Crippen molar-refractivity contribution >= 4 is 44.2 Å². The van der Waals surface area contributed by atoms with Gasteiger partial charge in [-0.05, 0) is 54.5 Å². The van der Waals surface area contributed by atoms with Crippen molar-refractivity contribution in [3.63, 3.8) is 0 Å². The van der Waals surface area contributed by atoms with Gasteiger partial charge in [0, 0.05) is 58.1 Å². The highest BCUT2D eigenvalue weighted by Gasteiger charge is 2.25. The van der Waals surface area contributed by atoms with Gasteiger partial charge in [-0.2, -0.15) is 5.10 Å². The van der Waals surface area contributed by atoms with Crippen LogP contribution in [0.1, 0.15) is 23.2 Å². The van der Waals surface area contributed by atoms with Gasteiger partial charge in [-0.15, -0.1) is 11.3 Å². The molecule has 6 rings (SSSR count). The van der Waals surface area contributed by atoms with Gasteiger partial charge in [-0.1, -0.05) is 18.2 Å². The topological polar surface area (TPSA) is 86.8 Å². The Hall–Kier alpha value is -3.78. The van der Waals surface area contributed by atoms with Gasteiger partial charge in [0.1, 0.15) is 0 Å². The van der Waals surface area contributed by atoms with E-state index in [9.17, 15) is 4.79 Å². The Morgan fingerprint density at radius 3 is 2.71 bits per heavy atom. The third-order valence-corrected chi connectivity index (χ3v) is 7.65. The predicted molar refractivity (Wildman–Crippen MR) is 136 cm³/mol. The predicted octanol–water partition coefficient (Wildman–Crippen LogP) is 5.20. The van der Waals surface area contributed by atoms with Crippen LogP contribution in [0.15, 0.2) is 67.1 Å². The summed E-state index contributed by atoms with van der Waals surface area (Å²) in [6.07, 6.45) is 7.19. The summed E-state index contributed by atoms with van der Waals surface area (Å²) in [7, 11) is 0. The first-order chi connectivity index (χ1) is 16.7. The summed E-state index contributed by atoms with van der Waals surface area (Å²) in [5, 5.41) is 12.9. The fourth-order valence-corrected chi connectivity index (χ4v) is 5.72. The Morgan fingerprint density at radius 2 is 1.88 bits per heavy atom. The summed E-state index contributed by atoms with van der Waals surface area (Å²) in [5.74, 6) is 1.24. The Labute approximate surface area is 200 Å². The van der Waals surface area contributed by atoms with Gasteiger partial charge >= 0.3 is 0 Å². The summed E-state index contributed by atoms with van der Waals surface area (Å²) in [4.78, 5) is 25.0. The monoisotopic (exact) mass is 468 g/mol. The maximum absolute atomic E-state index is 13.5. The summed E-state index contributed by atoms with van der Waals surface area (Å²) in [5.41, 5.74) is 2.72. The number of hydrogen-bond donors (Lipinski definition) is 2. The number of fused-ring (bicyclic) bond motifs is 2. The van der Waals surface area contributed by atoms with E-state index >= 15 is 0 Å². The average Bonchev–Trinajstić information content (AvgIpc) is 3.54. The summed E-state index contributed by atoms with van der Waals surface area (Å²) >= 11 is 1.74. The molecule has 170 valence electrons. The Kier molecular flexibility index (Phi) is 5.43. The van der Waals surface area contributed by atoms with Gasteiger partial charge in [-0.25, -0.2) is 9.97 Å². The second-order valence-electron chi connectivity index (χ2n) is 8.70. The number of thiophene rings is 1. The minimum atomic E-state index is 0.0864. The van der Waals surface area contributed by atoms with E-state index in [1.54, 1.807) is 29.9 Å². The van der Waals surface area contributed by atoms with Crippen molar-refractivity contribution in [3.8, 4) is 10.4 Å². The molecule has 1 amide bonds. The van der Waals surface area contributed by atoms with Crippen LogP contribution in [-0.4, -0.2) is 50.6 Å². The van der Waals surface area contributed by atoms with E-state index in [0.717, 1.165) is 59.4 Å². The molecule has 2 N–H and O–H groups in total. The van der Waals surface area contributed by atoms with Crippen molar-refractivity contribution in [2.45, 2.75) is 12.8 Å². The number of aromatic amines is 1. The molecular formula is C26H24N6OS. The lowest BCUT2D eigenvalue weighted by atomic mass is 9.96.